The first-order chi connectivity index (χ1) is 19.9. The summed E-state index contributed by atoms with van der Waals surface area (Å²) in [4.78, 5) is 22.8. The molecule has 214 valence electrons. The second-order valence-electron chi connectivity index (χ2n) is 12.1. The van der Waals surface area contributed by atoms with Crippen LogP contribution in [0.2, 0.25) is 0 Å². The van der Waals surface area contributed by atoms with Crippen LogP contribution in [0.15, 0.2) is 77.8 Å². The molecule has 0 amide bonds. The van der Waals surface area contributed by atoms with Gasteiger partial charge in [0.2, 0.25) is 0 Å². The highest BCUT2D eigenvalue weighted by Gasteiger charge is 2.33. The van der Waals surface area contributed by atoms with Crippen molar-refractivity contribution in [3.8, 4) is 11.8 Å². The minimum absolute atomic E-state index is 0.137. The number of nitrogens with zero attached hydrogens (tertiary/aromatic N) is 4. The Morgan fingerprint density at radius 2 is 1.79 bits per heavy atom. The van der Waals surface area contributed by atoms with Gasteiger partial charge in [-0.1, -0.05) is 57.2 Å². The van der Waals surface area contributed by atoms with E-state index in [1.165, 1.54) is 0 Å². The van der Waals surface area contributed by atoms with Crippen molar-refractivity contribution in [2.45, 2.75) is 63.8 Å². The number of hydrogen-bond donors (Lipinski definition) is 1. The summed E-state index contributed by atoms with van der Waals surface area (Å²) in [6, 6.07) is 23.6. The monoisotopic (exact) mass is 578 g/mol. The molecule has 2 aromatic carbocycles. The molecule has 0 saturated carbocycles. The van der Waals surface area contributed by atoms with Gasteiger partial charge < -0.3 is 14.4 Å². The molecule has 0 spiro atoms. The number of nitriles is 1. The van der Waals surface area contributed by atoms with Crippen molar-refractivity contribution >= 4 is 39.7 Å². The highest BCUT2D eigenvalue weighted by molar-refractivity contribution is 8.00. The minimum atomic E-state index is -0.995. The summed E-state index contributed by atoms with van der Waals surface area (Å²) >= 11 is 1.71. The topological polar surface area (TPSA) is 101 Å². The number of carboxylic acid groups (broad SMARTS) is 1. The summed E-state index contributed by atoms with van der Waals surface area (Å²) < 4.78 is 8.18. The van der Waals surface area contributed by atoms with Gasteiger partial charge in [0.05, 0.1) is 34.5 Å². The smallest absolute Gasteiger partial charge is 0.309 e. The van der Waals surface area contributed by atoms with E-state index in [-0.39, 0.29) is 4.75 Å². The Morgan fingerprint density at radius 1 is 1.05 bits per heavy atom. The number of benzene rings is 2. The zero-order chi connectivity index (χ0) is 30.1. The maximum Gasteiger partial charge on any atom is 0.309 e. The Hall–Kier alpha value is -4.35. The lowest BCUT2D eigenvalue weighted by atomic mass is 9.88. The Bertz CT molecular complexity index is 1810. The Kier molecular flexibility index (Phi) is 7.98. The van der Waals surface area contributed by atoms with Crippen molar-refractivity contribution in [2.75, 3.05) is 0 Å². The first kappa shape index (κ1) is 29.2. The predicted octanol–water partition coefficient (Wildman–Crippen LogP) is 7.63. The van der Waals surface area contributed by atoms with Crippen LogP contribution in [0.4, 0.5) is 0 Å². The second kappa shape index (κ2) is 11.5. The number of aliphatic carboxylic acids is 1. The molecule has 0 aliphatic rings. The van der Waals surface area contributed by atoms with E-state index in [0.29, 0.717) is 30.9 Å². The van der Waals surface area contributed by atoms with Crippen LogP contribution < -0.4 is 4.74 Å². The van der Waals surface area contributed by atoms with Gasteiger partial charge in [-0.25, -0.2) is 9.97 Å². The van der Waals surface area contributed by atoms with E-state index in [1.54, 1.807) is 43.9 Å². The number of carboxylic acids is 1. The van der Waals surface area contributed by atoms with E-state index < -0.39 is 11.4 Å². The zero-order valence-electron chi connectivity index (χ0n) is 24.5. The van der Waals surface area contributed by atoms with E-state index >= 15 is 0 Å². The lowest BCUT2D eigenvalue weighted by Crippen LogP contribution is -2.28. The van der Waals surface area contributed by atoms with Crippen LogP contribution in [-0.2, 0) is 24.4 Å². The molecule has 7 nitrogen and oxygen atoms in total. The van der Waals surface area contributed by atoms with E-state index in [4.69, 9.17) is 14.7 Å². The van der Waals surface area contributed by atoms with Gasteiger partial charge in [-0.15, -0.1) is 11.8 Å². The molecule has 0 radical (unpaired) electrons. The minimum Gasteiger partial charge on any atom is -0.486 e. The van der Waals surface area contributed by atoms with Gasteiger partial charge in [-0.2, -0.15) is 5.26 Å². The third kappa shape index (κ3) is 6.42. The van der Waals surface area contributed by atoms with Crippen LogP contribution in [-0.4, -0.2) is 30.4 Å². The van der Waals surface area contributed by atoms with E-state index in [0.717, 1.165) is 43.8 Å². The molecular weight excluding hydrogens is 544 g/mol. The highest BCUT2D eigenvalue weighted by atomic mass is 32.2. The molecule has 3 heterocycles. The van der Waals surface area contributed by atoms with Crippen molar-refractivity contribution in [3.63, 3.8) is 0 Å². The van der Waals surface area contributed by atoms with Gasteiger partial charge in [0.1, 0.15) is 18.0 Å². The number of ether oxygens (including phenoxy) is 1. The van der Waals surface area contributed by atoms with Crippen LogP contribution in [0, 0.1) is 16.7 Å². The molecule has 0 unspecified atom stereocenters. The molecule has 0 bridgehead atoms. The van der Waals surface area contributed by atoms with Gasteiger partial charge in [0.25, 0.3) is 0 Å². The summed E-state index contributed by atoms with van der Waals surface area (Å²) in [6.45, 7) is 10.7. The van der Waals surface area contributed by atoms with Crippen LogP contribution >= 0.6 is 11.8 Å². The fraction of sp³-hybridized carbons (Fsp3) is 0.294. The molecule has 0 saturated heterocycles. The maximum absolute atomic E-state index is 12.2. The number of pyridine rings is 2. The highest BCUT2D eigenvalue weighted by Crippen LogP contribution is 2.43. The van der Waals surface area contributed by atoms with Gasteiger partial charge in [-0.05, 0) is 49.7 Å². The summed E-state index contributed by atoms with van der Waals surface area (Å²) in [5, 5.41) is 21.3. The molecule has 0 fully saturated rings. The fourth-order valence-electron chi connectivity index (χ4n) is 4.78. The molecule has 3 aromatic heterocycles. The first-order valence-electron chi connectivity index (χ1n) is 13.8. The molecule has 8 heteroatoms. The first-order valence-corrected chi connectivity index (χ1v) is 14.7. The van der Waals surface area contributed by atoms with E-state index in [1.807, 2.05) is 54.6 Å². The largest absolute Gasteiger partial charge is 0.486 e. The lowest BCUT2D eigenvalue weighted by molar-refractivity contribution is -0.146. The van der Waals surface area contributed by atoms with Gasteiger partial charge in [0.15, 0.2) is 0 Å². The van der Waals surface area contributed by atoms with Crippen LogP contribution in [0.5, 0.6) is 5.75 Å². The Balaban J connectivity index is 1.59. The van der Waals surface area contributed by atoms with E-state index in [9.17, 15) is 15.2 Å². The summed E-state index contributed by atoms with van der Waals surface area (Å²) in [6.07, 6.45) is 2.04. The number of fused-ring (bicyclic) bond motifs is 2. The predicted molar refractivity (Wildman–Crippen MR) is 167 cm³/mol. The standard InChI is InChI=1S/C34H34N4O3S/c1-33(2,3)42-30-27-16-26(41-21-25-15-14-24-8-6-7-9-28(24)37-25)19-36-31(27)38(29(30)17-34(4,5)32(39)40)20-23-12-10-22(18-35)11-13-23/h6-16,19H,17,20-21H2,1-5H3,(H,39,40). The quantitative estimate of drug-likeness (QED) is 0.179. The molecule has 42 heavy (non-hydrogen) atoms. The van der Waals surface area contributed by atoms with E-state index in [2.05, 4.69) is 31.4 Å². The Morgan fingerprint density at radius 3 is 2.48 bits per heavy atom. The van der Waals surface area contributed by atoms with Crippen molar-refractivity contribution in [2.24, 2.45) is 5.41 Å². The van der Waals surface area contributed by atoms with Crippen LogP contribution in [0.1, 0.15) is 57.1 Å². The second-order valence-corrected chi connectivity index (χ2v) is 13.9. The molecule has 0 atom stereocenters. The molecule has 5 rings (SSSR count). The lowest BCUT2D eigenvalue weighted by Gasteiger charge is -2.24. The molecule has 5 aromatic rings. The normalized spacial score (nSPS) is 12.0. The van der Waals surface area contributed by atoms with Gasteiger partial charge in [-0.3, -0.25) is 4.79 Å². The number of carbonyl (C=O) groups is 1. The average Bonchev–Trinajstić information content (AvgIpc) is 3.21. The van der Waals surface area contributed by atoms with Gasteiger partial charge in [0, 0.05) is 39.1 Å². The third-order valence-corrected chi connectivity index (χ3v) is 8.26. The fourth-order valence-corrected chi connectivity index (χ4v) is 5.95. The number of rotatable bonds is 9. The number of para-hydroxylation sites is 1. The summed E-state index contributed by atoms with van der Waals surface area (Å²) in [7, 11) is 0. The number of hydrogen-bond acceptors (Lipinski definition) is 6. The summed E-state index contributed by atoms with van der Waals surface area (Å²) in [5.74, 6) is -0.239. The SMILES string of the molecule is CC(C)(C)Sc1c(CC(C)(C)C(=O)O)n(Cc2ccc(C#N)cc2)c2ncc(OCc3ccc4ccccc4n3)cc12. The van der Waals surface area contributed by atoms with Crippen LogP contribution in [0.3, 0.4) is 0 Å². The van der Waals surface area contributed by atoms with Crippen molar-refractivity contribution in [1.82, 2.24) is 14.5 Å². The molecular formula is C34H34N4O3S. The maximum atomic E-state index is 12.2. The molecule has 1 N–H and O–H groups in total. The Labute approximate surface area is 250 Å². The molecule has 0 aliphatic carbocycles. The summed E-state index contributed by atoms with van der Waals surface area (Å²) in [5.41, 5.74) is 4.01. The molecule has 0 aliphatic heterocycles. The number of thioether (sulfide) groups is 1. The zero-order valence-corrected chi connectivity index (χ0v) is 25.3. The number of aromatic nitrogens is 3. The third-order valence-electron chi connectivity index (χ3n) is 6.99. The average molecular weight is 579 g/mol. The van der Waals surface area contributed by atoms with Crippen molar-refractivity contribution in [3.05, 3.63) is 95.4 Å². The van der Waals surface area contributed by atoms with Gasteiger partial charge >= 0.3 is 5.97 Å². The van der Waals surface area contributed by atoms with Crippen LogP contribution in [0.25, 0.3) is 21.9 Å². The van der Waals surface area contributed by atoms with Crippen molar-refractivity contribution < 1.29 is 14.6 Å². The van der Waals surface area contributed by atoms with Crippen molar-refractivity contribution in [1.29, 1.82) is 5.26 Å².